The van der Waals surface area contributed by atoms with Crippen LogP contribution in [0.2, 0.25) is 0 Å². The van der Waals surface area contributed by atoms with E-state index >= 15 is 0 Å². The molecule has 0 spiro atoms. The first-order valence-electron chi connectivity index (χ1n) is 8.90. The molecule has 1 fully saturated rings. The maximum absolute atomic E-state index is 12.6. The summed E-state index contributed by atoms with van der Waals surface area (Å²) in [4.78, 5) is 25.4. The Labute approximate surface area is 153 Å². The standard InChI is InChI=1S/C20H23N3O3/c1-15(16-7-3-2-4-8-16)21-20(24)17-11-13-22(14-12-17)18-9-5-6-10-19(18)23(25)26/h2-10,15,17H,11-14H2,1H3,(H,21,24)/t15-/m0/s1. The second-order valence-electron chi connectivity index (χ2n) is 6.65. The number of anilines is 1. The molecule has 6 heteroatoms. The first kappa shape index (κ1) is 17.9. The van der Waals surface area contributed by atoms with Gasteiger partial charge in [0.2, 0.25) is 5.91 Å². The Morgan fingerprint density at radius 2 is 1.73 bits per heavy atom. The van der Waals surface area contributed by atoms with Gasteiger partial charge in [-0.2, -0.15) is 0 Å². The van der Waals surface area contributed by atoms with Crippen LogP contribution in [0, 0.1) is 16.0 Å². The number of carbonyl (C=O) groups excluding carboxylic acids is 1. The van der Waals surface area contributed by atoms with Gasteiger partial charge in [-0.3, -0.25) is 14.9 Å². The lowest BCUT2D eigenvalue weighted by Gasteiger charge is -2.33. The molecule has 0 unspecified atom stereocenters. The van der Waals surface area contributed by atoms with Crippen molar-refractivity contribution in [2.75, 3.05) is 18.0 Å². The third-order valence-corrected chi connectivity index (χ3v) is 4.94. The molecule has 1 N–H and O–H groups in total. The average Bonchev–Trinajstić information content (AvgIpc) is 2.68. The van der Waals surface area contributed by atoms with Crippen molar-refractivity contribution in [3.63, 3.8) is 0 Å². The number of hydrogen-bond acceptors (Lipinski definition) is 4. The number of nitrogens with one attached hydrogen (secondary N) is 1. The summed E-state index contributed by atoms with van der Waals surface area (Å²) in [6.07, 6.45) is 1.39. The zero-order valence-electron chi connectivity index (χ0n) is 14.8. The van der Waals surface area contributed by atoms with E-state index in [9.17, 15) is 14.9 Å². The number of nitrogens with zero attached hydrogens (tertiary/aromatic N) is 2. The smallest absolute Gasteiger partial charge is 0.292 e. The average molecular weight is 353 g/mol. The van der Waals surface area contributed by atoms with Crippen LogP contribution < -0.4 is 10.2 Å². The Balaban J connectivity index is 1.58. The molecule has 1 amide bonds. The highest BCUT2D eigenvalue weighted by Crippen LogP contribution is 2.31. The zero-order chi connectivity index (χ0) is 18.5. The summed E-state index contributed by atoms with van der Waals surface area (Å²) >= 11 is 0. The van der Waals surface area contributed by atoms with E-state index in [1.54, 1.807) is 12.1 Å². The third kappa shape index (κ3) is 4.02. The summed E-state index contributed by atoms with van der Waals surface area (Å²) in [6.45, 7) is 3.26. The topological polar surface area (TPSA) is 75.5 Å². The fourth-order valence-electron chi connectivity index (χ4n) is 3.42. The van der Waals surface area contributed by atoms with Gasteiger partial charge in [-0.05, 0) is 31.4 Å². The number of piperidine rings is 1. The molecule has 26 heavy (non-hydrogen) atoms. The summed E-state index contributed by atoms with van der Waals surface area (Å²) in [5, 5.41) is 14.3. The van der Waals surface area contributed by atoms with Crippen LogP contribution in [0.3, 0.4) is 0 Å². The zero-order valence-corrected chi connectivity index (χ0v) is 14.8. The fourth-order valence-corrected chi connectivity index (χ4v) is 3.42. The van der Waals surface area contributed by atoms with E-state index in [2.05, 4.69) is 5.32 Å². The Bertz CT molecular complexity index is 771. The van der Waals surface area contributed by atoms with Gasteiger partial charge in [-0.1, -0.05) is 42.5 Å². The van der Waals surface area contributed by atoms with E-state index < -0.39 is 0 Å². The largest absolute Gasteiger partial charge is 0.366 e. The molecule has 1 atom stereocenters. The monoisotopic (exact) mass is 353 g/mol. The molecule has 1 aliphatic heterocycles. The van der Waals surface area contributed by atoms with Gasteiger partial charge in [0.15, 0.2) is 0 Å². The Morgan fingerprint density at radius 3 is 2.38 bits per heavy atom. The minimum atomic E-state index is -0.352. The molecule has 1 aliphatic rings. The second-order valence-corrected chi connectivity index (χ2v) is 6.65. The van der Waals surface area contributed by atoms with Crippen LogP contribution in [0.1, 0.15) is 31.4 Å². The minimum Gasteiger partial charge on any atom is -0.366 e. The number of rotatable bonds is 5. The summed E-state index contributed by atoms with van der Waals surface area (Å²) in [6, 6.07) is 16.6. The molecule has 0 aliphatic carbocycles. The molecule has 3 rings (SSSR count). The first-order valence-corrected chi connectivity index (χ1v) is 8.90. The number of amides is 1. The predicted octanol–water partition coefficient (Wildman–Crippen LogP) is 3.69. The van der Waals surface area contributed by atoms with Gasteiger partial charge < -0.3 is 10.2 Å². The normalized spacial score (nSPS) is 16.1. The Kier molecular flexibility index (Phi) is 5.51. The number of hydrogen-bond donors (Lipinski definition) is 1. The van der Waals surface area contributed by atoms with E-state index in [4.69, 9.17) is 0 Å². The van der Waals surface area contributed by atoms with E-state index in [-0.39, 0.29) is 28.5 Å². The Hall–Kier alpha value is -2.89. The highest BCUT2D eigenvalue weighted by Gasteiger charge is 2.28. The van der Waals surface area contributed by atoms with E-state index in [1.807, 2.05) is 48.2 Å². The highest BCUT2D eigenvalue weighted by molar-refractivity contribution is 5.79. The van der Waals surface area contributed by atoms with Gasteiger partial charge in [0, 0.05) is 25.1 Å². The molecule has 0 aromatic heterocycles. The van der Waals surface area contributed by atoms with Crippen molar-refractivity contribution in [3.8, 4) is 0 Å². The third-order valence-electron chi connectivity index (χ3n) is 4.94. The highest BCUT2D eigenvalue weighted by atomic mass is 16.6. The molecule has 6 nitrogen and oxygen atoms in total. The van der Waals surface area contributed by atoms with Gasteiger partial charge in [0.1, 0.15) is 5.69 Å². The van der Waals surface area contributed by atoms with Crippen LogP contribution in [0.5, 0.6) is 0 Å². The van der Waals surface area contributed by atoms with E-state index in [0.29, 0.717) is 31.6 Å². The van der Waals surface area contributed by atoms with Gasteiger partial charge in [0.05, 0.1) is 11.0 Å². The number of nitro groups is 1. The van der Waals surface area contributed by atoms with Crippen LogP contribution in [0.15, 0.2) is 54.6 Å². The number of nitro benzene ring substituents is 1. The number of para-hydroxylation sites is 2. The van der Waals surface area contributed by atoms with E-state index in [0.717, 1.165) is 5.56 Å². The van der Waals surface area contributed by atoms with Crippen molar-refractivity contribution in [1.82, 2.24) is 5.32 Å². The SMILES string of the molecule is C[C@H](NC(=O)C1CCN(c2ccccc2[N+](=O)[O-])CC1)c1ccccc1. The van der Waals surface area contributed by atoms with E-state index in [1.165, 1.54) is 6.07 Å². The molecule has 0 radical (unpaired) electrons. The molecule has 0 bridgehead atoms. The van der Waals surface area contributed by atoms with Crippen LogP contribution in [0.4, 0.5) is 11.4 Å². The van der Waals surface area contributed by atoms with Gasteiger partial charge in [-0.25, -0.2) is 0 Å². The van der Waals surface area contributed by atoms with Gasteiger partial charge >= 0.3 is 0 Å². The van der Waals surface area contributed by atoms with Gasteiger partial charge in [-0.15, -0.1) is 0 Å². The number of carbonyl (C=O) groups is 1. The lowest BCUT2D eigenvalue weighted by atomic mass is 9.94. The molecular formula is C20H23N3O3. The summed E-state index contributed by atoms with van der Waals surface area (Å²) in [5.41, 5.74) is 1.83. The van der Waals surface area contributed by atoms with Crippen molar-refractivity contribution in [2.24, 2.45) is 5.92 Å². The van der Waals surface area contributed by atoms with Crippen LogP contribution >= 0.6 is 0 Å². The van der Waals surface area contributed by atoms with Crippen molar-refractivity contribution in [2.45, 2.75) is 25.8 Å². The molecule has 136 valence electrons. The molecule has 0 saturated carbocycles. The summed E-state index contributed by atoms with van der Waals surface area (Å²) < 4.78 is 0. The van der Waals surface area contributed by atoms with Crippen molar-refractivity contribution >= 4 is 17.3 Å². The molecule has 1 saturated heterocycles. The summed E-state index contributed by atoms with van der Waals surface area (Å²) in [5.74, 6) is 0.00347. The van der Waals surface area contributed by atoms with Crippen LogP contribution in [-0.4, -0.2) is 23.9 Å². The lowest BCUT2D eigenvalue weighted by molar-refractivity contribution is -0.384. The molecule has 1 heterocycles. The maximum Gasteiger partial charge on any atom is 0.292 e. The molecular weight excluding hydrogens is 330 g/mol. The fraction of sp³-hybridized carbons (Fsp3) is 0.350. The van der Waals surface area contributed by atoms with Crippen LogP contribution in [0.25, 0.3) is 0 Å². The van der Waals surface area contributed by atoms with Crippen molar-refractivity contribution in [3.05, 3.63) is 70.3 Å². The first-order chi connectivity index (χ1) is 12.6. The number of benzene rings is 2. The second kappa shape index (κ2) is 7.99. The van der Waals surface area contributed by atoms with Gasteiger partial charge in [0.25, 0.3) is 5.69 Å². The van der Waals surface area contributed by atoms with Crippen LogP contribution in [-0.2, 0) is 4.79 Å². The maximum atomic E-state index is 12.6. The molecule has 2 aromatic carbocycles. The minimum absolute atomic E-state index is 0.0306. The molecule has 2 aromatic rings. The summed E-state index contributed by atoms with van der Waals surface area (Å²) in [7, 11) is 0. The quantitative estimate of drug-likeness (QED) is 0.657. The van der Waals surface area contributed by atoms with Crippen molar-refractivity contribution < 1.29 is 9.72 Å². The predicted molar refractivity (Wildman–Crippen MR) is 101 cm³/mol. The lowest BCUT2D eigenvalue weighted by Crippen LogP contribution is -2.41. The van der Waals surface area contributed by atoms with Crippen molar-refractivity contribution in [1.29, 1.82) is 0 Å². The Morgan fingerprint density at radius 1 is 1.12 bits per heavy atom.